The number of nitrogens with one attached hydrogen (secondary N) is 4. The molecule has 322 valence electrons. The normalized spacial score (nSPS) is 19.1. The van der Waals surface area contributed by atoms with E-state index in [4.69, 9.17) is 4.98 Å². The fourth-order valence-electron chi connectivity index (χ4n) is 8.99. The van der Waals surface area contributed by atoms with Gasteiger partial charge in [0.2, 0.25) is 23.6 Å². The van der Waals surface area contributed by atoms with Crippen molar-refractivity contribution >= 4 is 23.6 Å². The molecule has 4 unspecified atom stereocenters. The SMILES string of the molecule is O=C(NC(C(=O)N1CCCC1c1cc(-c2ccc(C#Cc3ccc(-c4cnc(C5CCCN5C(=O)C(NC(=O)C5CC5)c5ccccc5)[nH]4)cc3)cc2)n[nH]1)c1ccccc1)C1CC1. The third kappa shape index (κ3) is 8.84. The molecule has 4 N–H and O–H groups in total. The van der Waals surface area contributed by atoms with Crippen LogP contribution in [0.3, 0.4) is 0 Å². The van der Waals surface area contributed by atoms with Crippen LogP contribution in [-0.4, -0.2) is 66.7 Å². The van der Waals surface area contributed by atoms with Gasteiger partial charge in [-0.05, 0) is 98.4 Å². The minimum atomic E-state index is -0.734. The van der Waals surface area contributed by atoms with Gasteiger partial charge in [0.1, 0.15) is 17.9 Å². The molecule has 12 nitrogen and oxygen atoms in total. The topological polar surface area (TPSA) is 156 Å². The highest BCUT2D eigenvalue weighted by molar-refractivity contribution is 5.91. The van der Waals surface area contributed by atoms with Crippen molar-refractivity contribution in [3.63, 3.8) is 0 Å². The van der Waals surface area contributed by atoms with Gasteiger partial charge in [-0.25, -0.2) is 4.98 Å². The van der Waals surface area contributed by atoms with Crippen LogP contribution < -0.4 is 10.6 Å². The summed E-state index contributed by atoms with van der Waals surface area (Å²) < 4.78 is 0. The van der Waals surface area contributed by atoms with Gasteiger partial charge in [0, 0.05) is 41.6 Å². The van der Waals surface area contributed by atoms with Gasteiger partial charge in [0.15, 0.2) is 0 Å². The molecule has 4 atom stereocenters. The standard InChI is InChI=1S/C52H50N8O4/c61-49(39-25-26-39)55-46(37-9-3-1-4-10-37)51(63)59-29-7-13-44(59)42-31-41(57-58-42)35-21-17-33(18-22-35)15-16-34-19-23-36(24-20-34)43-32-53-48(54-43)45-14-8-30-60(45)52(64)47(38-11-5-2-6-12-38)56-50(62)40-27-28-40/h1-6,9-12,17-24,31-32,39-40,44-47H,7-8,13-14,25-30H2,(H,53,54)(H,55,61)(H,56,62)(H,57,58). The van der Waals surface area contributed by atoms with E-state index in [0.29, 0.717) is 13.1 Å². The monoisotopic (exact) mass is 850 g/mol. The van der Waals surface area contributed by atoms with Gasteiger partial charge in [-0.3, -0.25) is 24.3 Å². The molecular weight excluding hydrogens is 801 g/mol. The molecule has 4 aliphatic rings. The molecule has 2 aromatic heterocycles. The number of hydrogen-bond donors (Lipinski definition) is 4. The van der Waals surface area contributed by atoms with E-state index in [0.717, 1.165) is 108 Å². The number of amides is 4. The zero-order valence-electron chi connectivity index (χ0n) is 35.5. The Labute approximate surface area is 372 Å². The summed E-state index contributed by atoms with van der Waals surface area (Å²) in [7, 11) is 0. The molecule has 4 heterocycles. The Morgan fingerprint density at radius 1 is 0.609 bits per heavy atom. The maximum atomic E-state index is 14.1. The lowest BCUT2D eigenvalue weighted by Crippen LogP contribution is -2.43. The molecule has 12 heteroatoms. The smallest absolute Gasteiger partial charge is 0.250 e. The van der Waals surface area contributed by atoms with Gasteiger partial charge in [0.05, 0.1) is 35.4 Å². The summed E-state index contributed by atoms with van der Waals surface area (Å²) >= 11 is 0. The minimum Gasteiger partial charge on any atom is -0.340 e. The van der Waals surface area contributed by atoms with Crippen LogP contribution in [0, 0.1) is 23.7 Å². The van der Waals surface area contributed by atoms with Gasteiger partial charge in [-0.1, -0.05) is 96.8 Å². The quantitative estimate of drug-likeness (QED) is 0.0925. The van der Waals surface area contributed by atoms with E-state index in [1.807, 2.05) is 131 Å². The molecule has 64 heavy (non-hydrogen) atoms. The van der Waals surface area contributed by atoms with Crippen LogP contribution in [0.2, 0.25) is 0 Å². The van der Waals surface area contributed by atoms with E-state index in [-0.39, 0.29) is 47.5 Å². The van der Waals surface area contributed by atoms with Crippen LogP contribution in [0.15, 0.2) is 121 Å². The van der Waals surface area contributed by atoms with E-state index in [1.165, 1.54) is 0 Å². The molecule has 2 aliphatic heterocycles. The number of benzene rings is 4. The lowest BCUT2D eigenvalue weighted by atomic mass is 10.0. The summed E-state index contributed by atoms with van der Waals surface area (Å²) in [6, 6.07) is 35.2. The molecule has 4 aromatic carbocycles. The first-order valence-corrected chi connectivity index (χ1v) is 22.5. The number of nitrogens with zero attached hydrogens (tertiary/aromatic N) is 4. The number of aromatic amines is 2. The van der Waals surface area contributed by atoms with Crippen molar-refractivity contribution in [2.75, 3.05) is 13.1 Å². The highest BCUT2D eigenvalue weighted by Crippen LogP contribution is 2.38. The lowest BCUT2D eigenvalue weighted by Gasteiger charge is -2.29. The predicted octanol–water partition coefficient (Wildman–Crippen LogP) is 7.73. The Balaban J connectivity index is 0.774. The van der Waals surface area contributed by atoms with Gasteiger partial charge in [0.25, 0.3) is 0 Å². The van der Waals surface area contributed by atoms with E-state index < -0.39 is 12.1 Å². The van der Waals surface area contributed by atoms with Gasteiger partial charge < -0.3 is 25.4 Å². The number of hydrogen-bond acceptors (Lipinski definition) is 6. The highest BCUT2D eigenvalue weighted by Gasteiger charge is 2.40. The number of carbonyl (C=O) groups is 4. The zero-order chi connectivity index (χ0) is 43.6. The summed E-state index contributed by atoms with van der Waals surface area (Å²) in [5.41, 5.74) is 7.72. The summed E-state index contributed by atoms with van der Waals surface area (Å²) in [4.78, 5) is 65.7. The van der Waals surface area contributed by atoms with Crippen LogP contribution in [0.5, 0.6) is 0 Å². The predicted molar refractivity (Wildman–Crippen MR) is 242 cm³/mol. The first kappa shape index (κ1) is 40.8. The van der Waals surface area contributed by atoms with Gasteiger partial charge in [-0.2, -0.15) is 5.10 Å². The van der Waals surface area contributed by atoms with Crippen molar-refractivity contribution in [1.82, 2.24) is 40.6 Å². The van der Waals surface area contributed by atoms with Crippen LogP contribution in [0.4, 0.5) is 0 Å². The molecule has 10 rings (SSSR count). The van der Waals surface area contributed by atoms with E-state index in [2.05, 4.69) is 37.7 Å². The summed E-state index contributed by atoms with van der Waals surface area (Å²) in [5.74, 6) is 6.97. The Morgan fingerprint density at radius 3 is 1.64 bits per heavy atom. The molecule has 2 aliphatic carbocycles. The van der Waals surface area contributed by atoms with Crippen molar-refractivity contribution in [3.05, 3.63) is 155 Å². The van der Waals surface area contributed by atoms with Crippen molar-refractivity contribution in [1.29, 1.82) is 0 Å². The lowest BCUT2D eigenvalue weighted by molar-refractivity contribution is -0.138. The molecular formula is C52H50N8O4. The third-order valence-electron chi connectivity index (χ3n) is 12.9. The highest BCUT2D eigenvalue weighted by atomic mass is 16.2. The molecule has 0 radical (unpaired) electrons. The summed E-state index contributed by atoms with van der Waals surface area (Å²) in [6.45, 7) is 1.22. The Kier molecular flexibility index (Phi) is 11.4. The Morgan fingerprint density at radius 2 is 1.11 bits per heavy atom. The number of likely N-dealkylation sites (tertiary alicyclic amines) is 2. The molecule has 6 aromatic rings. The van der Waals surface area contributed by atoms with Crippen LogP contribution in [-0.2, 0) is 19.2 Å². The molecule has 4 amide bonds. The number of imidazole rings is 1. The second-order valence-electron chi connectivity index (χ2n) is 17.4. The largest absolute Gasteiger partial charge is 0.340 e. The fraction of sp³-hybridized carbons (Fsp3) is 0.308. The fourth-order valence-corrected chi connectivity index (χ4v) is 8.99. The Bertz CT molecular complexity index is 2530. The average molecular weight is 851 g/mol. The van der Waals surface area contributed by atoms with Crippen LogP contribution in [0.1, 0.15) is 109 Å². The zero-order valence-corrected chi connectivity index (χ0v) is 35.5. The molecule has 2 saturated carbocycles. The number of aromatic nitrogens is 4. The van der Waals surface area contributed by atoms with Gasteiger partial charge in [-0.15, -0.1) is 0 Å². The van der Waals surface area contributed by atoms with Crippen molar-refractivity contribution < 1.29 is 19.2 Å². The molecule has 4 fully saturated rings. The number of carbonyl (C=O) groups excluding carboxylic acids is 4. The van der Waals surface area contributed by atoms with E-state index in [9.17, 15) is 19.2 Å². The van der Waals surface area contributed by atoms with Crippen molar-refractivity contribution in [2.24, 2.45) is 11.8 Å². The summed E-state index contributed by atoms with van der Waals surface area (Å²) in [6.07, 6.45) is 8.61. The third-order valence-corrected chi connectivity index (χ3v) is 12.9. The number of H-pyrrole nitrogens is 2. The van der Waals surface area contributed by atoms with Crippen LogP contribution >= 0.6 is 0 Å². The second-order valence-corrected chi connectivity index (χ2v) is 17.4. The first-order valence-electron chi connectivity index (χ1n) is 22.5. The summed E-state index contributed by atoms with van der Waals surface area (Å²) in [5, 5.41) is 13.9. The van der Waals surface area contributed by atoms with Crippen molar-refractivity contribution in [3.8, 4) is 34.4 Å². The van der Waals surface area contributed by atoms with Gasteiger partial charge >= 0.3 is 0 Å². The second kappa shape index (κ2) is 17.8. The first-order chi connectivity index (χ1) is 31.4. The van der Waals surface area contributed by atoms with E-state index >= 15 is 0 Å². The van der Waals surface area contributed by atoms with Crippen LogP contribution in [0.25, 0.3) is 22.5 Å². The van der Waals surface area contributed by atoms with E-state index in [1.54, 1.807) is 0 Å². The molecule has 2 saturated heterocycles. The number of rotatable bonds is 12. The van der Waals surface area contributed by atoms with Crippen molar-refractivity contribution in [2.45, 2.75) is 75.5 Å². The average Bonchev–Trinajstić information content (AvgIpc) is 4.09. The minimum absolute atomic E-state index is 0.00101. The molecule has 0 bridgehead atoms. The Hall–Kier alpha value is -7.26. The maximum absolute atomic E-state index is 14.1. The maximum Gasteiger partial charge on any atom is 0.250 e. The molecule has 0 spiro atoms.